The van der Waals surface area contributed by atoms with E-state index in [1.54, 1.807) is 36.4 Å². The number of carbonyl (C=O) groups is 2. The molecule has 0 fully saturated rings. The minimum absolute atomic E-state index is 0.0407. The maximum Gasteiger partial charge on any atom is 0.265 e. The summed E-state index contributed by atoms with van der Waals surface area (Å²) in [5, 5.41) is 3.32. The van der Waals surface area contributed by atoms with E-state index in [-0.39, 0.29) is 41.1 Å². The van der Waals surface area contributed by atoms with Crippen molar-refractivity contribution in [2.24, 2.45) is 0 Å². The fourth-order valence-electron chi connectivity index (χ4n) is 5.35. The van der Waals surface area contributed by atoms with Crippen molar-refractivity contribution < 1.29 is 37.0 Å². The van der Waals surface area contributed by atoms with Crippen LogP contribution in [0.5, 0.6) is 23.0 Å². The molecule has 0 aliphatic carbocycles. The summed E-state index contributed by atoms with van der Waals surface area (Å²) in [5.74, 6) is -0.0909. The van der Waals surface area contributed by atoms with Crippen LogP contribution >= 0.6 is 11.6 Å². The molecule has 0 aliphatic heterocycles. The van der Waals surface area contributed by atoms with Crippen LogP contribution in [0.2, 0.25) is 5.02 Å². The van der Waals surface area contributed by atoms with E-state index >= 15 is 0 Å². The van der Waals surface area contributed by atoms with Gasteiger partial charge in [-0.05, 0) is 55.3 Å². The Kier molecular flexibility index (Phi) is 13.0. The molecular formula is C37H42ClN3O8S. The van der Waals surface area contributed by atoms with Crippen LogP contribution in [-0.4, -0.2) is 72.2 Å². The van der Waals surface area contributed by atoms with Crippen LogP contribution in [0.4, 0.5) is 5.69 Å². The zero-order valence-corrected chi connectivity index (χ0v) is 30.5. The lowest BCUT2D eigenvalue weighted by Gasteiger charge is -2.34. The van der Waals surface area contributed by atoms with Gasteiger partial charge in [-0.25, -0.2) is 8.42 Å². The van der Waals surface area contributed by atoms with Crippen LogP contribution in [0, 0.1) is 0 Å². The van der Waals surface area contributed by atoms with Gasteiger partial charge in [-0.1, -0.05) is 60.1 Å². The maximum absolute atomic E-state index is 14.8. The minimum atomic E-state index is -4.51. The number of nitrogens with zero attached hydrogens (tertiary/aromatic N) is 2. The van der Waals surface area contributed by atoms with Gasteiger partial charge in [0.15, 0.2) is 11.5 Å². The van der Waals surface area contributed by atoms with E-state index in [9.17, 15) is 18.0 Å². The molecule has 0 aromatic heterocycles. The summed E-state index contributed by atoms with van der Waals surface area (Å²) in [5.41, 5.74) is 1.42. The second-order valence-electron chi connectivity index (χ2n) is 11.5. The van der Waals surface area contributed by atoms with E-state index in [4.69, 9.17) is 30.5 Å². The number of hydrogen-bond donors (Lipinski definition) is 1. The quantitative estimate of drug-likeness (QED) is 0.156. The molecule has 0 unspecified atom stereocenters. The van der Waals surface area contributed by atoms with Crippen molar-refractivity contribution in [1.82, 2.24) is 10.2 Å². The number of benzene rings is 4. The fourth-order valence-corrected chi connectivity index (χ4v) is 6.98. The smallest absolute Gasteiger partial charge is 0.265 e. The number of anilines is 1. The number of hydrogen-bond acceptors (Lipinski definition) is 8. The Labute approximate surface area is 298 Å². The average molecular weight is 724 g/mol. The molecule has 13 heteroatoms. The molecule has 0 radical (unpaired) electrons. The number of amides is 2. The third-order valence-electron chi connectivity index (χ3n) is 7.88. The Morgan fingerprint density at radius 1 is 0.780 bits per heavy atom. The zero-order chi connectivity index (χ0) is 36.4. The van der Waals surface area contributed by atoms with Crippen molar-refractivity contribution in [3.05, 3.63) is 107 Å². The van der Waals surface area contributed by atoms with Gasteiger partial charge in [0.25, 0.3) is 10.0 Å². The van der Waals surface area contributed by atoms with E-state index < -0.39 is 34.4 Å². The number of nitrogens with one attached hydrogen (secondary N) is 1. The van der Waals surface area contributed by atoms with Crippen molar-refractivity contribution >= 4 is 39.1 Å². The zero-order valence-electron chi connectivity index (χ0n) is 28.9. The summed E-state index contributed by atoms with van der Waals surface area (Å²) in [4.78, 5) is 29.9. The van der Waals surface area contributed by atoms with Crippen LogP contribution in [0.25, 0.3) is 0 Å². The number of carbonyl (C=O) groups excluding carboxylic acids is 2. The summed E-state index contributed by atoms with van der Waals surface area (Å²) in [6.07, 6.45) is 0.153. The molecule has 0 spiro atoms. The van der Waals surface area contributed by atoms with E-state index in [1.807, 2.05) is 44.2 Å². The van der Waals surface area contributed by atoms with Gasteiger partial charge in [0.2, 0.25) is 11.8 Å². The van der Waals surface area contributed by atoms with Crippen LogP contribution in [-0.2, 0) is 32.6 Å². The molecular weight excluding hydrogens is 682 g/mol. The summed E-state index contributed by atoms with van der Waals surface area (Å²) in [6, 6.07) is 23.7. The van der Waals surface area contributed by atoms with Gasteiger partial charge < -0.3 is 29.2 Å². The Morgan fingerprint density at radius 3 is 2.04 bits per heavy atom. The van der Waals surface area contributed by atoms with Gasteiger partial charge in [0.05, 0.1) is 39.0 Å². The lowest BCUT2D eigenvalue weighted by atomic mass is 10.0. The van der Waals surface area contributed by atoms with Gasteiger partial charge in [0.1, 0.15) is 24.1 Å². The number of halogens is 1. The average Bonchev–Trinajstić information content (AvgIpc) is 3.12. The molecule has 266 valence electrons. The Hall–Kier alpha value is -4.94. The summed E-state index contributed by atoms with van der Waals surface area (Å²) < 4.78 is 52.0. The van der Waals surface area contributed by atoms with Crippen molar-refractivity contribution in [1.29, 1.82) is 0 Å². The highest BCUT2D eigenvalue weighted by molar-refractivity contribution is 7.92. The predicted molar refractivity (Wildman–Crippen MR) is 193 cm³/mol. The number of rotatable bonds is 16. The van der Waals surface area contributed by atoms with Crippen molar-refractivity contribution in [2.45, 2.75) is 43.8 Å². The van der Waals surface area contributed by atoms with Crippen molar-refractivity contribution in [3.8, 4) is 23.0 Å². The Balaban J connectivity index is 1.91. The van der Waals surface area contributed by atoms with E-state index in [2.05, 4.69) is 5.32 Å². The topological polar surface area (TPSA) is 124 Å². The fraction of sp³-hybridized carbons (Fsp3) is 0.297. The number of methoxy groups -OCH3 is 4. The van der Waals surface area contributed by atoms with E-state index in [0.717, 1.165) is 9.87 Å². The normalized spacial score (nSPS) is 11.8. The number of sulfonamides is 1. The molecule has 0 aliphatic rings. The molecule has 1 atom stereocenters. The van der Waals surface area contributed by atoms with Crippen LogP contribution in [0.3, 0.4) is 0 Å². The molecule has 11 nitrogen and oxygen atoms in total. The second-order valence-corrected chi connectivity index (χ2v) is 13.8. The lowest BCUT2D eigenvalue weighted by Crippen LogP contribution is -2.54. The molecule has 0 heterocycles. The highest BCUT2D eigenvalue weighted by Crippen LogP contribution is 2.38. The molecule has 4 aromatic rings. The van der Waals surface area contributed by atoms with Gasteiger partial charge in [-0.3, -0.25) is 13.9 Å². The monoisotopic (exact) mass is 723 g/mol. The van der Waals surface area contributed by atoms with Gasteiger partial charge in [0, 0.05) is 36.2 Å². The predicted octanol–water partition coefficient (Wildman–Crippen LogP) is 5.73. The minimum Gasteiger partial charge on any atom is -0.497 e. The van der Waals surface area contributed by atoms with E-state index in [0.29, 0.717) is 22.1 Å². The third kappa shape index (κ3) is 8.99. The second kappa shape index (κ2) is 17.1. The third-order valence-corrected chi connectivity index (χ3v) is 10.0. The molecule has 4 rings (SSSR count). The molecule has 0 saturated carbocycles. The molecule has 50 heavy (non-hydrogen) atoms. The van der Waals surface area contributed by atoms with Gasteiger partial charge in [-0.2, -0.15) is 0 Å². The molecule has 2 amide bonds. The molecule has 0 saturated heterocycles. The molecule has 1 N–H and O–H groups in total. The van der Waals surface area contributed by atoms with Crippen LogP contribution < -0.4 is 28.6 Å². The first-order valence-electron chi connectivity index (χ1n) is 15.8. The first kappa shape index (κ1) is 37.9. The van der Waals surface area contributed by atoms with Gasteiger partial charge >= 0.3 is 0 Å². The summed E-state index contributed by atoms with van der Waals surface area (Å²) in [7, 11) is 1.15. The standard InChI is InChI=1S/C37H42ClN3O8S/c1-25(2)39-37(43)32(20-26-12-8-7-9-13-26)40(23-27-14-10-11-15-30(27)38)36(42)24-41(31-21-28(46-3)16-18-33(31)47-4)50(44,45)29-17-19-34(48-5)35(22-29)49-6/h7-19,21-22,25,32H,20,23-24H2,1-6H3,(H,39,43)/t32-/m1/s1. The van der Waals surface area contributed by atoms with Crippen molar-refractivity contribution in [2.75, 3.05) is 39.3 Å². The SMILES string of the molecule is COc1ccc(OC)c(N(CC(=O)N(Cc2ccccc2Cl)[C@H](Cc2ccccc2)C(=O)NC(C)C)S(=O)(=O)c2ccc(OC)c(OC)c2)c1. The molecule has 0 bridgehead atoms. The summed E-state index contributed by atoms with van der Waals surface area (Å²) >= 11 is 6.58. The van der Waals surface area contributed by atoms with Gasteiger partial charge in [-0.15, -0.1) is 0 Å². The highest BCUT2D eigenvalue weighted by atomic mass is 35.5. The maximum atomic E-state index is 14.8. The largest absolute Gasteiger partial charge is 0.497 e. The van der Waals surface area contributed by atoms with E-state index in [1.165, 1.54) is 57.6 Å². The first-order valence-corrected chi connectivity index (χ1v) is 17.6. The number of ether oxygens (including phenoxy) is 4. The Morgan fingerprint density at radius 2 is 1.42 bits per heavy atom. The van der Waals surface area contributed by atoms with Crippen LogP contribution in [0.15, 0.2) is 95.9 Å². The first-order chi connectivity index (χ1) is 23.9. The highest BCUT2D eigenvalue weighted by Gasteiger charge is 2.36. The lowest BCUT2D eigenvalue weighted by molar-refractivity contribution is -0.140. The summed E-state index contributed by atoms with van der Waals surface area (Å²) in [6.45, 7) is 2.85. The Bertz CT molecular complexity index is 1890. The van der Waals surface area contributed by atoms with Crippen LogP contribution in [0.1, 0.15) is 25.0 Å². The van der Waals surface area contributed by atoms with Crippen molar-refractivity contribution in [3.63, 3.8) is 0 Å². The molecule has 4 aromatic carbocycles.